The predicted octanol–water partition coefficient (Wildman–Crippen LogP) is 2.50. The summed E-state index contributed by atoms with van der Waals surface area (Å²) >= 11 is 0. The number of methoxy groups -OCH3 is 1. The van der Waals surface area contributed by atoms with Gasteiger partial charge in [-0.1, -0.05) is 0 Å². The highest BCUT2D eigenvalue weighted by atomic mass is 16.5. The third-order valence-corrected chi connectivity index (χ3v) is 2.26. The van der Waals surface area contributed by atoms with Crippen LogP contribution >= 0.6 is 0 Å². The number of nitrogens with one attached hydrogen (secondary N) is 1. The molecule has 2 aromatic rings. The molecule has 0 spiro atoms. The zero-order chi connectivity index (χ0) is 12.3. The Morgan fingerprint density at radius 3 is 2.71 bits per heavy atom. The van der Waals surface area contributed by atoms with Gasteiger partial charge in [-0.15, -0.1) is 0 Å². The van der Waals surface area contributed by atoms with Crippen LogP contribution in [0.3, 0.4) is 0 Å². The minimum atomic E-state index is 0.324. The second-order valence-electron chi connectivity index (χ2n) is 3.45. The molecular formula is C12H12N3O2. The fourth-order valence-electron chi connectivity index (χ4n) is 1.36. The first-order valence-electron chi connectivity index (χ1n) is 5.06. The molecule has 1 N–H and O–H groups in total. The lowest BCUT2D eigenvalue weighted by Gasteiger charge is -2.09. The topological polar surface area (TPSA) is 68.0 Å². The summed E-state index contributed by atoms with van der Waals surface area (Å²) in [5.74, 6) is 1.72. The van der Waals surface area contributed by atoms with Gasteiger partial charge in [0, 0.05) is 12.1 Å². The molecule has 5 nitrogen and oxygen atoms in total. The maximum absolute atomic E-state index is 7.59. The Labute approximate surface area is 99.2 Å². The maximum Gasteiger partial charge on any atom is 0.152 e. The lowest BCUT2D eigenvalue weighted by Crippen LogP contribution is -1.93. The van der Waals surface area contributed by atoms with Gasteiger partial charge in [-0.05, 0) is 19.1 Å². The third kappa shape index (κ3) is 2.44. The summed E-state index contributed by atoms with van der Waals surface area (Å²) < 4.78 is 10.7. The summed E-state index contributed by atoms with van der Waals surface area (Å²) in [6.07, 6.45) is 1.57. The lowest BCUT2D eigenvalue weighted by atomic mass is 10.3. The highest BCUT2D eigenvalue weighted by Crippen LogP contribution is 2.30. The highest BCUT2D eigenvalue weighted by Gasteiger charge is 2.05. The van der Waals surface area contributed by atoms with Gasteiger partial charge in [0.05, 0.1) is 19.0 Å². The van der Waals surface area contributed by atoms with Crippen LogP contribution in [0.1, 0.15) is 5.69 Å². The SMILES string of the molecule is COc1cc(Oc2ccnnc2C)ccc1[NH]. The molecule has 1 radical (unpaired) electrons. The van der Waals surface area contributed by atoms with E-state index in [1.807, 2.05) is 6.92 Å². The Morgan fingerprint density at radius 2 is 2.00 bits per heavy atom. The molecule has 1 heterocycles. The van der Waals surface area contributed by atoms with Crippen molar-refractivity contribution in [1.29, 1.82) is 0 Å². The number of nitrogens with zero attached hydrogens (tertiary/aromatic N) is 2. The summed E-state index contributed by atoms with van der Waals surface area (Å²) in [6.45, 7) is 1.82. The number of hydrogen-bond donors (Lipinski definition) is 0. The molecule has 0 aliphatic carbocycles. The van der Waals surface area contributed by atoms with E-state index in [2.05, 4.69) is 10.2 Å². The molecule has 0 bridgehead atoms. The van der Waals surface area contributed by atoms with Crippen LogP contribution in [0.4, 0.5) is 5.69 Å². The lowest BCUT2D eigenvalue weighted by molar-refractivity contribution is 0.409. The molecule has 87 valence electrons. The minimum absolute atomic E-state index is 0.324. The Bertz CT molecular complexity index is 529. The smallest absolute Gasteiger partial charge is 0.152 e. The summed E-state index contributed by atoms with van der Waals surface area (Å²) in [7, 11) is 1.52. The fourth-order valence-corrected chi connectivity index (χ4v) is 1.36. The van der Waals surface area contributed by atoms with Crippen LogP contribution in [0.25, 0.3) is 0 Å². The van der Waals surface area contributed by atoms with Gasteiger partial charge in [-0.3, -0.25) is 5.73 Å². The number of aromatic nitrogens is 2. The van der Waals surface area contributed by atoms with E-state index in [4.69, 9.17) is 15.2 Å². The second kappa shape index (κ2) is 4.69. The summed E-state index contributed by atoms with van der Waals surface area (Å²) in [4.78, 5) is 0. The third-order valence-electron chi connectivity index (χ3n) is 2.26. The Balaban J connectivity index is 2.28. The van der Waals surface area contributed by atoms with E-state index in [0.717, 1.165) is 0 Å². The van der Waals surface area contributed by atoms with Gasteiger partial charge >= 0.3 is 0 Å². The Hall–Kier alpha value is -2.30. The van der Waals surface area contributed by atoms with Crippen molar-refractivity contribution in [3.05, 3.63) is 36.2 Å². The van der Waals surface area contributed by atoms with Crippen LogP contribution < -0.4 is 15.2 Å². The molecule has 17 heavy (non-hydrogen) atoms. The zero-order valence-corrected chi connectivity index (χ0v) is 9.60. The average molecular weight is 230 g/mol. The highest BCUT2D eigenvalue weighted by molar-refractivity contribution is 5.53. The van der Waals surface area contributed by atoms with Crippen molar-refractivity contribution < 1.29 is 9.47 Å². The van der Waals surface area contributed by atoms with Gasteiger partial charge in [-0.2, -0.15) is 10.2 Å². The largest absolute Gasteiger partial charge is 0.494 e. The van der Waals surface area contributed by atoms with E-state index in [1.165, 1.54) is 7.11 Å². The molecule has 0 aliphatic heterocycles. The van der Waals surface area contributed by atoms with Crippen LogP contribution in [0.2, 0.25) is 0 Å². The molecule has 0 atom stereocenters. The van der Waals surface area contributed by atoms with Crippen LogP contribution in [0.15, 0.2) is 30.5 Å². The first-order valence-corrected chi connectivity index (χ1v) is 5.06. The van der Waals surface area contributed by atoms with E-state index in [1.54, 1.807) is 30.5 Å². The predicted molar refractivity (Wildman–Crippen MR) is 62.6 cm³/mol. The van der Waals surface area contributed by atoms with E-state index in [0.29, 0.717) is 28.6 Å². The van der Waals surface area contributed by atoms with Gasteiger partial charge in [0.2, 0.25) is 0 Å². The number of benzene rings is 1. The molecule has 0 unspecified atom stereocenters. The first kappa shape index (κ1) is 11.2. The van der Waals surface area contributed by atoms with Crippen molar-refractivity contribution in [2.24, 2.45) is 0 Å². The van der Waals surface area contributed by atoms with E-state index in [-0.39, 0.29) is 0 Å². The molecule has 5 heteroatoms. The number of aryl methyl sites for hydroxylation is 1. The first-order chi connectivity index (χ1) is 8.20. The molecule has 0 saturated carbocycles. The monoisotopic (exact) mass is 230 g/mol. The molecule has 0 fully saturated rings. The van der Waals surface area contributed by atoms with Crippen LogP contribution in [0, 0.1) is 6.92 Å². The van der Waals surface area contributed by atoms with Crippen LogP contribution in [-0.4, -0.2) is 17.3 Å². The van der Waals surface area contributed by atoms with Crippen molar-refractivity contribution in [2.75, 3.05) is 7.11 Å². The molecule has 2 rings (SSSR count). The quantitative estimate of drug-likeness (QED) is 0.812. The Morgan fingerprint density at radius 1 is 1.18 bits per heavy atom. The molecule has 0 saturated heterocycles. The number of ether oxygens (including phenoxy) is 2. The zero-order valence-electron chi connectivity index (χ0n) is 9.60. The standard InChI is InChI=1S/C12H12N3O2/c1-8-11(5-6-14-15-8)17-9-3-4-10(13)12(7-9)16-2/h3-7,13H,1-2H3. The number of rotatable bonds is 3. The van der Waals surface area contributed by atoms with Crippen molar-refractivity contribution in [2.45, 2.75) is 6.92 Å². The van der Waals surface area contributed by atoms with Crippen molar-refractivity contribution in [3.63, 3.8) is 0 Å². The van der Waals surface area contributed by atoms with E-state index in [9.17, 15) is 0 Å². The number of hydrogen-bond acceptors (Lipinski definition) is 4. The van der Waals surface area contributed by atoms with Crippen molar-refractivity contribution in [1.82, 2.24) is 15.9 Å². The maximum atomic E-state index is 7.59. The molecule has 0 aliphatic rings. The van der Waals surface area contributed by atoms with Crippen molar-refractivity contribution >= 4 is 5.69 Å². The molecule has 1 aromatic carbocycles. The molecule has 0 amide bonds. The van der Waals surface area contributed by atoms with Gasteiger partial charge in [-0.25, -0.2) is 0 Å². The molecule has 1 aromatic heterocycles. The van der Waals surface area contributed by atoms with Crippen LogP contribution in [0.5, 0.6) is 17.2 Å². The summed E-state index contributed by atoms with van der Waals surface area (Å²) in [6, 6.07) is 6.74. The van der Waals surface area contributed by atoms with Gasteiger partial charge in [0.25, 0.3) is 0 Å². The molecular weight excluding hydrogens is 218 g/mol. The van der Waals surface area contributed by atoms with E-state index >= 15 is 0 Å². The normalized spacial score (nSPS) is 10.0. The summed E-state index contributed by atoms with van der Waals surface area (Å²) in [5, 5.41) is 7.64. The minimum Gasteiger partial charge on any atom is -0.494 e. The van der Waals surface area contributed by atoms with Crippen LogP contribution in [-0.2, 0) is 0 Å². The summed E-state index contributed by atoms with van der Waals surface area (Å²) in [5.41, 5.74) is 8.62. The van der Waals surface area contributed by atoms with Crippen molar-refractivity contribution in [3.8, 4) is 17.2 Å². The Kier molecular flexibility index (Phi) is 3.09. The fraction of sp³-hybridized carbons (Fsp3) is 0.167. The van der Waals surface area contributed by atoms with Gasteiger partial charge < -0.3 is 9.47 Å². The average Bonchev–Trinajstić information content (AvgIpc) is 2.34. The van der Waals surface area contributed by atoms with E-state index < -0.39 is 0 Å². The van der Waals surface area contributed by atoms with Gasteiger partial charge in [0.1, 0.15) is 17.2 Å². The second-order valence-corrected chi connectivity index (χ2v) is 3.45. The van der Waals surface area contributed by atoms with Gasteiger partial charge in [0.15, 0.2) is 5.75 Å².